The van der Waals surface area contributed by atoms with Crippen LogP contribution in [0.1, 0.15) is 23.2 Å². The van der Waals surface area contributed by atoms with E-state index in [0.29, 0.717) is 6.61 Å². The van der Waals surface area contributed by atoms with Crippen LogP contribution in [0.25, 0.3) is 11.1 Å². The van der Waals surface area contributed by atoms with Crippen molar-refractivity contribution < 1.29 is 13.5 Å². The van der Waals surface area contributed by atoms with Gasteiger partial charge in [-0.2, -0.15) is 0 Å². The molecule has 0 bridgehead atoms. The zero-order valence-corrected chi connectivity index (χ0v) is 14.8. The normalized spacial score (nSPS) is 14.5. The van der Waals surface area contributed by atoms with Gasteiger partial charge in [-0.25, -0.2) is 8.78 Å². The highest BCUT2D eigenvalue weighted by Crippen LogP contribution is 2.30. The van der Waals surface area contributed by atoms with E-state index in [4.69, 9.17) is 4.74 Å². The van der Waals surface area contributed by atoms with Gasteiger partial charge in [0, 0.05) is 37.0 Å². The first kappa shape index (κ1) is 17.6. The zero-order valence-electron chi connectivity index (χ0n) is 14.8. The van der Waals surface area contributed by atoms with E-state index in [1.807, 2.05) is 30.3 Å². The van der Waals surface area contributed by atoms with Gasteiger partial charge in [0.1, 0.15) is 12.4 Å². The average Bonchev–Trinajstić information content (AvgIpc) is 2.90. The number of alkyl halides is 2. The third-order valence-electron chi connectivity index (χ3n) is 4.73. The van der Waals surface area contributed by atoms with E-state index in [2.05, 4.69) is 16.0 Å². The Morgan fingerprint density at radius 1 is 1.00 bits per heavy atom. The molecule has 0 amide bonds. The van der Waals surface area contributed by atoms with E-state index < -0.39 is 6.43 Å². The summed E-state index contributed by atoms with van der Waals surface area (Å²) < 4.78 is 31.4. The summed E-state index contributed by atoms with van der Waals surface area (Å²) in [6.07, 6.45) is -0.640. The lowest BCUT2D eigenvalue weighted by Gasteiger charge is -2.19. The first-order valence-corrected chi connectivity index (χ1v) is 8.95. The summed E-state index contributed by atoms with van der Waals surface area (Å²) in [6, 6.07) is 18.4. The molecule has 3 nitrogen and oxygen atoms in total. The summed E-state index contributed by atoms with van der Waals surface area (Å²) in [7, 11) is 0. The Morgan fingerprint density at radius 2 is 1.81 bits per heavy atom. The smallest absolute Gasteiger partial charge is 0.263 e. The van der Waals surface area contributed by atoms with Crippen molar-refractivity contribution in [3.8, 4) is 16.9 Å². The highest BCUT2D eigenvalue weighted by atomic mass is 19.3. The maximum atomic E-state index is 12.8. The summed E-state index contributed by atoms with van der Waals surface area (Å²) in [5.41, 5.74) is 4.08. The van der Waals surface area contributed by atoms with Crippen LogP contribution in [0.5, 0.6) is 5.75 Å². The Kier molecular flexibility index (Phi) is 5.12. The molecular weight excluding hydrogens is 346 g/mol. The molecule has 0 saturated heterocycles. The van der Waals surface area contributed by atoms with Gasteiger partial charge in [-0.15, -0.1) is 0 Å². The van der Waals surface area contributed by atoms with E-state index in [1.165, 1.54) is 12.1 Å². The number of fused-ring (bicyclic) bond motifs is 1. The Hall–Kier alpha value is -2.79. The van der Waals surface area contributed by atoms with E-state index in [9.17, 15) is 8.78 Å². The molecule has 2 aromatic carbocycles. The minimum Gasteiger partial charge on any atom is -0.492 e. The molecule has 138 valence electrons. The van der Waals surface area contributed by atoms with Crippen molar-refractivity contribution in [1.29, 1.82) is 0 Å². The van der Waals surface area contributed by atoms with Crippen molar-refractivity contribution >= 4 is 0 Å². The van der Waals surface area contributed by atoms with E-state index in [0.717, 1.165) is 47.8 Å². The number of halogens is 2. The van der Waals surface area contributed by atoms with Crippen LogP contribution >= 0.6 is 0 Å². The minimum absolute atomic E-state index is 0.0402. The van der Waals surface area contributed by atoms with Gasteiger partial charge in [0.15, 0.2) is 0 Å². The fourth-order valence-electron chi connectivity index (χ4n) is 3.30. The first-order chi connectivity index (χ1) is 13.2. The Labute approximate surface area is 157 Å². The van der Waals surface area contributed by atoms with Crippen LogP contribution in [0.15, 0.2) is 66.9 Å². The molecule has 0 fully saturated rings. The maximum Gasteiger partial charge on any atom is 0.263 e. The number of rotatable bonds is 4. The van der Waals surface area contributed by atoms with Gasteiger partial charge in [-0.3, -0.25) is 9.88 Å². The monoisotopic (exact) mass is 366 g/mol. The number of ether oxygens (including phenoxy) is 1. The summed E-state index contributed by atoms with van der Waals surface area (Å²) in [6.45, 7) is 2.97. The van der Waals surface area contributed by atoms with E-state index >= 15 is 0 Å². The number of benzene rings is 2. The number of hydrogen-bond donors (Lipinski definition) is 0. The maximum absolute atomic E-state index is 12.8. The second-order valence-electron chi connectivity index (χ2n) is 6.63. The molecule has 1 aromatic heterocycles. The summed E-state index contributed by atoms with van der Waals surface area (Å²) in [4.78, 5) is 6.71. The minimum atomic E-state index is -2.44. The number of hydrogen-bond acceptors (Lipinski definition) is 3. The largest absolute Gasteiger partial charge is 0.492 e. The quantitative estimate of drug-likeness (QED) is 0.644. The lowest BCUT2D eigenvalue weighted by molar-refractivity contribution is 0.151. The van der Waals surface area contributed by atoms with Gasteiger partial charge < -0.3 is 4.74 Å². The third kappa shape index (κ3) is 4.14. The van der Waals surface area contributed by atoms with E-state index in [-0.39, 0.29) is 5.56 Å². The topological polar surface area (TPSA) is 25.4 Å². The zero-order chi connectivity index (χ0) is 18.6. The molecule has 3 aromatic rings. The molecule has 0 saturated carbocycles. The van der Waals surface area contributed by atoms with Crippen LogP contribution in [-0.2, 0) is 13.1 Å². The second kappa shape index (κ2) is 7.84. The molecule has 0 unspecified atom stereocenters. The van der Waals surface area contributed by atoms with Crippen molar-refractivity contribution in [2.24, 2.45) is 0 Å². The van der Waals surface area contributed by atoms with Gasteiger partial charge in [-0.05, 0) is 35.4 Å². The molecule has 0 N–H and O–H groups in total. The van der Waals surface area contributed by atoms with Gasteiger partial charge in [0.05, 0.1) is 5.69 Å². The third-order valence-corrected chi connectivity index (χ3v) is 4.73. The van der Waals surface area contributed by atoms with Crippen molar-refractivity contribution in [3.05, 3.63) is 83.7 Å². The van der Waals surface area contributed by atoms with Crippen molar-refractivity contribution in [1.82, 2.24) is 9.88 Å². The SMILES string of the molecule is FC(F)c1ccc(-c2ccc3c(c2)CN(Cc2ccccn2)CCO3)cc1. The average molecular weight is 366 g/mol. The standard InChI is InChI=1S/C22H20F2N2O/c23-22(24)17-6-4-16(5-7-17)18-8-9-21-19(13-18)14-26(11-12-27-21)15-20-3-1-2-10-25-20/h1-10,13,22H,11-12,14-15H2. The molecule has 1 aliphatic heterocycles. The fourth-order valence-corrected chi connectivity index (χ4v) is 3.30. The fraction of sp³-hybridized carbons (Fsp3) is 0.227. The molecule has 4 rings (SSSR count). The molecule has 0 spiro atoms. The molecule has 0 radical (unpaired) electrons. The first-order valence-electron chi connectivity index (χ1n) is 8.95. The van der Waals surface area contributed by atoms with Crippen LogP contribution < -0.4 is 4.74 Å². The lowest BCUT2D eigenvalue weighted by atomic mass is 10.0. The summed E-state index contributed by atoms with van der Waals surface area (Å²) >= 11 is 0. The Morgan fingerprint density at radius 3 is 2.56 bits per heavy atom. The van der Waals surface area contributed by atoms with Gasteiger partial charge in [0.25, 0.3) is 6.43 Å². The molecule has 1 aliphatic rings. The summed E-state index contributed by atoms with van der Waals surface area (Å²) in [5.74, 6) is 0.881. The van der Waals surface area contributed by atoms with Crippen LogP contribution in [0, 0.1) is 0 Å². The number of aromatic nitrogens is 1. The Balaban J connectivity index is 1.57. The van der Waals surface area contributed by atoms with Crippen LogP contribution in [-0.4, -0.2) is 23.0 Å². The van der Waals surface area contributed by atoms with Crippen molar-refractivity contribution in [3.63, 3.8) is 0 Å². The van der Waals surface area contributed by atoms with Crippen molar-refractivity contribution in [2.75, 3.05) is 13.2 Å². The highest BCUT2D eigenvalue weighted by Gasteiger charge is 2.17. The molecule has 5 heteroatoms. The molecule has 27 heavy (non-hydrogen) atoms. The summed E-state index contributed by atoms with van der Waals surface area (Å²) in [5, 5.41) is 0. The van der Waals surface area contributed by atoms with E-state index in [1.54, 1.807) is 18.3 Å². The molecular formula is C22H20F2N2O. The highest BCUT2D eigenvalue weighted by molar-refractivity contribution is 5.66. The van der Waals surface area contributed by atoms with Crippen LogP contribution in [0.3, 0.4) is 0 Å². The molecule has 0 atom stereocenters. The number of pyridine rings is 1. The van der Waals surface area contributed by atoms with Crippen LogP contribution in [0.2, 0.25) is 0 Å². The Bertz CT molecular complexity index is 898. The van der Waals surface area contributed by atoms with Gasteiger partial charge in [-0.1, -0.05) is 36.4 Å². The molecule has 2 heterocycles. The predicted molar refractivity (Wildman–Crippen MR) is 101 cm³/mol. The van der Waals surface area contributed by atoms with Gasteiger partial charge >= 0.3 is 0 Å². The predicted octanol–water partition coefficient (Wildman–Crippen LogP) is 5.08. The van der Waals surface area contributed by atoms with Crippen molar-refractivity contribution in [2.45, 2.75) is 19.5 Å². The van der Waals surface area contributed by atoms with Crippen LogP contribution in [0.4, 0.5) is 8.78 Å². The van der Waals surface area contributed by atoms with Gasteiger partial charge in [0.2, 0.25) is 0 Å². The lowest BCUT2D eigenvalue weighted by Crippen LogP contribution is -2.25. The second-order valence-corrected chi connectivity index (χ2v) is 6.63. The molecule has 0 aliphatic carbocycles. The number of nitrogens with zero attached hydrogens (tertiary/aromatic N) is 2.